The van der Waals surface area contributed by atoms with Crippen LogP contribution in [-0.2, 0) is 0 Å². The van der Waals surface area contributed by atoms with Crippen molar-refractivity contribution in [2.75, 3.05) is 18.4 Å². The molecule has 13 heavy (non-hydrogen) atoms. The summed E-state index contributed by atoms with van der Waals surface area (Å²) in [7, 11) is 0. The van der Waals surface area contributed by atoms with Gasteiger partial charge in [-0.3, -0.25) is 0 Å². The Bertz CT molecular complexity index is 276. The second-order valence-electron chi connectivity index (χ2n) is 2.70. The van der Waals surface area contributed by atoms with Gasteiger partial charge in [0.15, 0.2) is 11.6 Å². The van der Waals surface area contributed by atoms with Crippen molar-refractivity contribution in [3.8, 4) is 0 Å². The van der Waals surface area contributed by atoms with Gasteiger partial charge < -0.3 is 11.1 Å². The van der Waals surface area contributed by atoms with E-state index in [9.17, 15) is 8.78 Å². The molecule has 0 amide bonds. The van der Waals surface area contributed by atoms with Crippen molar-refractivity contribution >= 4 is 5.69 Å². The minimum atomic E-state index is -0.835. The monoisotopic (exact) mass is 186 g/mol. The zero-order valence-electron chi connectivity index (χ0n) is 7.19. The maximum absolute atomic E-state index is 12.6. The highest BCUT2D eigenvalue weighted by molar-refractivity contribution is 5.43. The van der Waals surface area contributed by atoms with Crippen LogP contribution in [0.3, 0.4) is 0 Å². The van der Waals surface area contributed by atoms with Crippen LogP contribution in [0.1, 0.15) is 6.42 Å². The molecular formula is C9H12F2N2. The van der Waals surface area contributed by atoms with E-state index in [1.165, 1.54) is 6.07 Å². The first-order valence-electron chi connectivity index (χ1n) is 4.13. The van der Waals surface area contributed by atoms with Crippen LogP contribution in [0.2, 0.25) is 0 Å². The number of nitrogens with two attached hydrogens (primary N) is 1. The van der Waals surface area contributed by atoms with Crippen LogP contribution in [0.4, 0.5) is 14.5 Å². The molecule has 0 saturated carbocycles. The van der Waals surface area contributed by atoms with Gasteiger partial charge in [-0.2, -0.15) is 0 Å². The average molecular weight is 186 g/mol. The van der Waals surface area contributed by atoms with Gasteiger partial charge in [0.2, 0.25) is 0 Å². The number of benzene rings is 1. The lowest BCUT2D eigenvalue weighted by Gasteiger charge is -2.04. The van der Waals surface area contributed by atoms with Crippen molar-refractivity contribution in [1.82, 2.24) is 0 Å². The van der Waals surface area contributed by atoms with Crippen LogP contribution in [0.15, 0.2) is 18.2 Å². The fourth-order valence-corrected chi connectivity index (χ4v) is 0.941. The van der Waals surface area contributed by atoms with Gasteiger partial charge in [-0.15, -0.1) is 0 Å². The molecule has 0 aliphatic heterocycles. The van der Waals surface area contributed by atoms with Gasteiger partial charge in [-0.1, -0.05) is 0 Å². The van der Waals surface area contributed by atoms with Crippen molar-refractivity contribution in [2.24, 2.45) is 5.73 Å². The molecular weight excluding hydrogens is 174 g/mol. The summed E-state index contributed by atoms with van der Waals surface area (Å²) in [6.07, 6.45) is 0.805. The number of rotatable bonds is 4. The van der Waals surface area contributed by atoms with Gasteiger partial charge in [-0.25, -0.2) is 8.78 Å². The van der Waals surface area contributed by atoms with E-state index in [1.807, 2.05) is 0 Å². The van der Waals surface area contributed by atoms with E-state index >= 15 is 0 Å². The second-order valence-corrected chi connectivity index (χ2v) is 2.70. The number of halogens is 2. The Morgan fingerprint density at radius 1 is 1.23 bits per heavy atom. The summed E-state index contributed by atoms with van der Waals surface area (Å²) in [6, 6.07) is 3.72. The third-order valence-electron chi connectivity index (χ3n) is 1.63. The van der Waals surface area contributed by atoms with Crippen molar-refractivity contribution in [1.29, 1.82) is 0 Å². The Morgan fingerprint density at radius 2 is 2.00 bits per heavy atom. The van der Waals surface area contributed by atoms with Gasteiger partial charge in [0, 0.05) is 12.2 Å². The molecule has 2 nitrogen and oxygen atoms in total. The van der Waals surface area contributed by atoms with Crippen LogP contribution in [0.5, 0.6) is 0 Å². The first kappa shape index (κ1) is 9.92. The highest BCUT2D eigenvalue weighted by Gasteiger charge is 2.00. The average Bonchev–Trinajstić information content (AvgIpc) is 2.12. The van der Waals surface area contributed by atoms with Crippen LogP contribution in [0.25, 0.3) is 0 Å². The topological polar surface area (TPSA) is 38.0 Å². The number of nitrogens with one attached hydrogen (secondary N) is 1. The lowest BCUT2D eigenvalue weighted by Crippen LogP contribution is -2.08. The van der Waals surface area contributed by atoms with Crippen LogP contribution in [0, 0.1) is 11.6 Å². The zero-order valence-corrected chi connectivity index (χ0v) is 7.19. The summed E-state index contributed by atoms with van der Waals surface area (Å²) in [5.74, 6) is -1.66. The van der Waals surface area contributed by atoms with Gasteiger partial charge in [-0.05, 0) is 31.2 Å². The lowest BCUT2D eigenvalue weighted by molar-refractivity contribution is 0.509. The highest BCUT2D eigenvalue weighted by Crippen LogP contribution is 2.12. The van der Waals surface area contributed by atoms with Gasteiger partial charge in [0.1, 0.15) is 0 Å². The third kappa shape index (κ3) is 2.99. The Balaban J connectivity index is 2.53. The molecule has 0 unspecified atom stereocenters. The summed E-state index contributed by atoms with van der Waals surface area (Å²) in [6.45, 7) is 1.25. The largest absolute Gasteiger partial charge is 0.385 e. The molecule has 4 heteroatoms. The minimum absolute atomic E-state index is 0.576. The summed E-state index contributed by atoms with van der Waals surface area (Å²) in [5, 5.41) is 2.93. The molecule has 1 rings (SSSR count). The maximum atomic E-state index is 12.6. The van der Waals surface area contributed by atoms with Crippen LogP contribution >= 0.6 is 0 Å². The van der Waals surface area contributed by atoms with E-state index in [0.717, 1.165) is 18.6 Å². The molecule has 1 aromatic rings. The zero-order chi connectivity index (χ0) is 9.68. The first-order chi connectivity index (χ1) is 6.24. The molecule has 72 valence electrons. The molecule has 1 aromatic carbocycles. The lowest BCUT2D eigenvalue weighted by atomic mass is 10.3. The second kappa shape index (κ2) is 4.77. The summed E-state index contributed by atoms with van der Waals surface area (Å²) >= 11 is 0. The van der Waals surface area contributed by atoms with Gasteiger partial charge >= 0.3 is 0 Å². The molecule has 0 fully saturated rings. The minimum Gasteiger partial charge on any atom is -0.385 e. The Labute approximate surface area is 75.7 Å². The Hall–Kier alpha value is -1.16. The predicted octanol–water partition coefficient (Wildman–Crippen LogP) is 1.73. The maximum Gasteiger partial charge on any atom is 0.160 e. The summed E-state index contributed by atoms with van der Waals surface area (Å²) in [5.41, 5.74) is 5.85. The molecule has 3 N–H and O–H groups in total. The van der Waals surface area contributed by atoms with Crippen molar-refractivity contribution in [2.45, 2.75) is 6.42 Å². The SMILES string of the molecule is NCCCNc1ccc(F)c(F)c1. The van der Waals surface area contributed by atoms with Crippen LogP contribution < -0.4 is 11.1 Å². The van der Waals surface area contributed by atoms with Crippen molar-refractivity contribution in [3.05, 3.63) is 29.8 Å². The highest BCUT2D eigenvalue weighted by atomic mass is 19.2. The third-order valence-corrected chi connectivity index (χ3v) is 1.63. The molecule has 0 radical (unpaired) electrons. The van der Waals surface area contributed by atoms with E-state index in [4.69, 9.17) is 5.73 Å². The molecule has 0 aromatic heterocycles. The van der Waals surface area contributed by atoms with E-state index in [2.05, 4.69) is 5.32 Å². The molecule has 0 aliphatic carbocycles. The summed E-state index contributed by atoms with van der Waals surface area (Å²) < 4.78 is 25.1. The van der Waals surface area contributed by atoms with Crippen molar-refractivity contribution < 1.29 is 8.78 Å². The Morgan fingerprint density at radius 3 is 2.62 bits per heavy atom. The quantitative estimate of drug-likeness (QED) is 0.703. The molecule has 0 saturated heterocycles. The number of anilines is 1. The summed E-state index contributed by atoms with van der Waals surface area (Å²) in [4.78, 5) is 0. The Kier molecular flexibility index (Phi) is 3.64. The molecule has 0 atom stereocenters. The van der Waals surface area contributed by atoms with E-state index in [-0.39, 0.29) is 0 Å². The van der Waals surface area contributed by atoms with Crippen LogP contribution in [-0.4, -0.2) is 13.1 Å². The molecule has 0 bridgehead atoms. The standard InChI is InChI=1S/C9H12F2N2/c10-8-3-2-7(6-9(8)11)13-5-1-4-12/h2-3,6,13H,1,4-5,12H2. The smallest absolute Gasteiger partial charge is 0.160 e. The number of hydrogen-bond donors (Lipinski definition) is 2. The van der Waals surface area contributed by atoms with Gasteiger partial charge in [0.25, 0.3) is 0 Å². The van der Waals surface area contributed by atoms with Gasteiger partial charge in [0.05, 0.1) is 0 Å². The first-order valence-corrected chi connectivity index (χ1v) is 4.13. The predicted molar refractivity (Wildman–Crippen MR) is 48.5 cm³/mol. The molecule has 0 aliphatic rings. The molecule has 0 heterocycles. The van der Waals surface area contributed by atoms with E-state index in [0.29, 0.717) is 18.8 Å². The fraction of sp³-hybridized carbons (Fsp3) is 0.333. The normalized spacial score (nSPS) is 10.1. The van der Waals surface area contributed by atoms with Crippen molar-refractivity contribution in [3.63, 3.8) is 0 Å². The number of hydrogen-bond acceptors (Lipinski definition) is 2. The fourth-order valence-electron chi connectivity index (χ4n) is 0.941. The molecule has 0 spiro atoms. The van der Waals surface area contributed by atoms with E-state index < -0.39 is 11.6 Å². The van der Waals surface area contributed by atoms with E-state index in [1.54, 1.807) is 0 Å².